The molecule has 0 bridgehead atoms. The molecule has 0 aliphatic rings. The summed E-state index contributed by atoms with van der Waals surface area (Å²) in [6.45, 7) is 4.52. The molecule has 0 aliphatic heterocycles. The zero-order valence-corrected chi connectivity index (χ0v) is 16.2. The third-order valence-corrected chi connectivity index (χ3v) is 5.94. The average molecular weight is 447 g/mol. The van der Waals surface area contributed by atoms with Crippen molar-refractivity contribution in [3.8, 4) is 0 Å². The molecule has 2 aromatic carbocycles. The Morgan fingerprint density at radius 3 is 2.75 bits per heavy atom. The molecule has 0 atom stereocenters. The maximum atomic E-state index is 12.1. The van der Waals surface area contributed by atoms with E-state index in [1.54, 1.807) is 11.3 Å². The fourth-order valence-corrected chi connectivity index (χ4v) is 4.47. The first-order valence-electron chi connectivity index (χ1n) is 7.82. The Balaban J connectivity index is 1.75. The highest BCUT2D eigenvalue weighted by molar-refractivity contribution is 14.1. The van der Waals surface area contributed by atoms with Crippen molar-refractivity contribution in [2.75, 3.05) is 6.54 Å². The van der Waals surface area contributed by atoms with E-state index in [1.807, 2.05) is 36.4 Å². The summed E-state index contributed by atoms with van der Waals surface area (Å²) in [5, 5.41) is 6.56. The molecule has 0 saturated heterocycles. The number of allylic oxidation sites excluding steroid dienone is 1. The minimum Gasteiger partial charge on any atom is -0.352 e. The lowest BCUT2D eigenvalue weighted by Crippen LogP contribution is -2.25. The van der Waals surface area contributed by atoms with E-state index in [9.17, 15) is 4.79 Å². The summed E-state index contributed by atoms with van der Waals surface area (Å²) >= 11 is 4.16. The monoisotopic (exact) mass is 447 g/mol. The summed E-state index contributed by atoms with van der Waals surface area (Å²) in [7, 11) is 0. The van der Waals surface area contributed by atoms with Crippen LogP contribution in [-0.2, 0) is 12.8 Å². The van der Waals surface area contributed by atoms with Gasteiger partial charge >= 0.3 is 0 Å². The molecular formula is C20H18INOS. The summed E-state index contributed by atoms with van der Waals surface area (Å²) in [5.74, 6) is -0.0176. The number of fused-ring (bicyclic) bond motifs is 1. The number of hydrogen-bond donors (Lipinski definition) is 1. The number of thiophene rings is 1. The maximum Gasteiger partial charge on any atom is 0.251 e. The van der Waals surface area contributed by atoms with Crippen molar-refractivity contribution in [1.29, 1.82) is 0 Å². The molecule has 0 spiro atoms. The molecule has 4 heteroatoms. The number of benzene rings is 2. The Morgan fingerprint density at radius 1 is 1.21 bits per heavy atom. The van der Waals surface area contributed by atoms with Crippen molar-refractivity contribution in [1.82, 2.24) is 5.32 Å². The molecule has 0 fully saturated rings. The Morgan fingerprint density at radius 2 is 2.00 bits per heavy atom. The summed E-state index contributed by atoms with van der Waals surface area (Å²) in [5.41, 5.74) is 3.35. The highest BCUT2D eigenvalue weighted by atomic mass is 127. The van der Waals surface area contributed by atoms with Crippen LogP contribution in [0, 0.1) is 3.57 Å². The van der Waals surface area contributed by atoms with Crippen LogP contribution in [-0.4, -0.2) is 12.5 Å². The number of hydrogen-bond acceptors (Lipinski definition) is 2. The summed E-state index contributed by atoms with van der Waals surface area (Å²) in [4.78, 5) is 12.1. The molecule has 24 heavy (non-hydrogen) atoms. The molecular weight excluding hydrogens is 429 g/mol. The molecule has 1 heterocycles. The molecule has 0 aliphatic carbocycles. The highest BCUT2D eigenvalue weighted by Gasteiger charge is 2.12. The fraction of sp³-hybridized carbons (Fsp3) is 0.150. The van der Waals surface area contributed by atoms with Crippen LogP contribution in [0.15, 0.2) is 60.5 Å². The van der Waals surface area contributed by atoms with E-state index in [0.29, 0.717) is 12.1 Å². The van der Waals surface area contributed by atoms with Gasteiger partial charge in [-0.15, -0.1) is 17.9 Å². The van der Waals surface area contributed by atoms with E-state index < -0.39 is 0 Å². The first kappa shape index (κ1) is 17.2. The van der Waals surface area contributed by atoms with Crippen LogP contribution in [0.5, 0.6) is 0 Å². The molecule has 1 aromatic heterocycles. The van der Waals surface area contributed by atoms with Crippen molar-refractivity contribution >= 4 is 49.9 Å². The lowest BCUT2D eigenvalue weighted by Gasteiger charge is -2.08. The van der Waals surface area contributed by atoms with Gasteiger partial charge in [-0.05, 0) is 76.2 Å². The fourth-order valence-electron chi connectivity index (χ4n) is 2.77. The second kappa shape index (κ2) is 7.94. The molecule has 1 amide bonds. The normalized spacial score (nSPS) is 10.7. The van der Waals surface area contributed by atoms with E-state index in [4.69, 9.17) is 0 Å². The first-order chi connectivity index (χ1) is 11.7. The highest BCUT2D eigenvalue weighted by Crippen LogP contribution is 2.32. The van der Waals surface area contributed by atoms with Gasteiger partial charge in [0.2, 0.25) is 0 Å². The Hall–Kier alpha value is -1.66. The van der Waals surface area contributed by atoms with Crippen molar-refractivity contribution in [3.63, 3.8) is 0 Å². The molecule has 3 aromatic rings. The molecule has 0 radical (unpaired) electrons. The predicted molar refractivity (Wildman–Crippen MR) is 111 cm³/mol. The van der Waals surface area contributed by atoms with E-state index in [1.165, 1.54) is 24.8 Å². The van der Waals surface area contributed by atoms with Gasteiger partial charge in [-0.2, -0.15) is 0 Å². The number of carbonyl (C=O) groups excluding carboxylic acids is 1. The minimum atomic E-state index is -0.0176. The van der Waals surface area contributed by atoms with Crippen LogP contribution >= 0.6 is 33.9 Å². The predicted octanol–water partition coefficient (Wildman–Crippen LogP) is 5.21. The van der Waals surface area contributed by atoms with Crippen LogP contribution in [0.1, 0.15) is 21.5 Å². The van der Waals surface area contributed by atoms with Gasteiger partial charge in [0.1, 0.15) is 0 Å². The SMILES string of the molecule is C=CCc1c(I)ccc2scc(CCNC(=O)c3ccccc3)c12. The molecule has 1 N–H and O–H groups in total. The Labute approximate surface area is 159 Å². The number of amides is 1. The van der Waals surface area contributed by atoms with Gasteiger partial charge in [0.05, 0.1) is 0 Å². The summed E-state index contributed by atoms with van der Waals surface area (Å²) in [6, 6.07) is 13.7. The molecule has 2 nitrogen and oxygen atoms in total. The third-order valence-electron chi connectivity index (χ3n) is 3.93. The van der Waals surface area contributed by atoms with Crippen molar-refractivity contribution in [3.05, 3.63) is 80.8 Å². The lowest BCUT2D eigenvalue weighted by molar-refractivity contribution is 0.0954. The van der Waals surface area contributed by atoms with Gasteiger partial charge in [-0.3, -0.25) is 4.79 Å². The quantitative estimate of drug-likeness (QED) is 0.408. The van der Waals surface area contributed by atoms with Crippen molar-refractivity contribution < 1.29 is 4.79 Å². The minimum absolute atomic E-state index is 0.0176. The van der Waals surface area contributed by atoms with Gasteiger partial charge in [-0.25, -0.2) is 0 Å². The van der Waals surface area contributed by atoms with Gasteiger partial charge < -0.3 is 5.32 Å². The van der Waals surface area contributed by atoms with Crippen molar-refractivity contribution in [2.24, 2.45) is 0 Å². The van der Waals surface area contributed by atoms with Crippen molar-refractivity contribution in [2.45, 2.75) is 12.8 Å². The number of nitrogens with one attached hydrogen (secondary N) is 1. The number of rotatable bonds is 6. The zero-order chi connectivity index (χ0) is 16.9. The zero-order valence-electron chi connectivity index (χ0n) is 13.2. The van der Waals surface area contributed by atoms with Gasteiger partial charge in [-0.1, -0.05) is 24.3 Å². The number of halogens is 1. The average Bonchev–Trinajstić information content (AvgIpc) is 3.01. The lowest BCUT2D eigenvalue weighted by atomic mass is 10.0. The summed E-state index contributed by atoms with van der Waals surface area (Å²) < 4.78 is 2.57. The topological polar surface area (TPSA) is 29.1 Å². The second-order valence-corrected chi connectivity index (χ2v) is 7.60. The van der Waals surface area contributed by atoms with E-state index in [0.717, 1.165) is 12.8 Å². The van der Waals surface area contributed by atoms with E-state index in [2.05, 4.69) is 52.0 Å². The molecule has 122 valence electrons. The van der Waals surface area contributed by atoms with Crippen LogP contribution in [0.2, 0.25) is 0 Å². The smallest absolute Gasteiger partial charge is 0.251 e. The number of carbonyl (C=O) groups is 1. The van der Waals surface area contributed by atoms with E-state index >= 15 is 0 Å². The van der Waals surface area contributed by atoms with Crippen LogP contribution in [0.25, 0.3) is 10.1 Å². The van der Waals surface area contributed by atoms with Crippen LogP contribution < -0.4 is 5.32 Å². The molecule has 0 saturated carbocycles. The standard InChI is InChI=1S/C20H18INOS/c1-2-6-16-17(21)9-10-18-19(16)15(13-24-18)11-12-22-20(23)14-7-4-3-5-8-14/h2-5,7-10,13H,1,6,11-12H2,(H,22,23). The largest absolute Gasteiger partial charge is 0.352 e. The second-order valence-electron chi connectivity index (χ2n) is 5.52. The third kappa shape index (κ3) is 3.70. The Bertz CT molecular complexity index is 870. The van der Waals surface area contributed by atoms with Gasteiger partial charge in [0.25, 0.3) is 5.91 Å². The van der Waals surface area contributed by atoms with Crippen LogP contribution in [0.3, 0.4) is 0 Å². The molecule has 3 rings (SSSR count). The van der Waals surface area contributed by atoms with Crippen LogP contribution in [0.4, 0.5) is 0 Å². The van der Waals surface area contributed by atoms with E-state index in [-0.39, 0.29) is 5.91 Å². The summed E-state index contributed by atoms with van der Waals surface area (Å²) in [6.07, 6.45) is 3.66. The molecule has 0 unspecified atom stereocenters. The Kier molecular flexibility index (Phi) is 5.68. The van der Waals surface area contributed by atoms with Gasteiger partial charge in [0.15, 0.2) is 0 Å². The van der Waals surface area contributed by atoms with Gasteiger partial charge in [0, 0.05) is 25.8 Å². The first-order valence-corrected chi connectivity index (χ1v) is 9.78. The maximum absolute atomic E-state index is 12.1.